The Kier molecular flexibility index (Phi) is 7.18. The zero-order valence-electron chi connectivity index (χ0n) is 17.1. The molecule has 3 rings (SSSR count). The summed E-state index contributed by atoms with van der Waals surface area (Å²) in [6.45, 7) is 9.06. The molecule has 1 saturated heterocycles. The largest absolute Gasteiger partial charge is 0.467 e. The van der Waals surface area contributed by atoms with Gasteiger partial charge in [-0.3, -0.25) is 14.7 Å². The van der Waals surface area contributed by atoms with Crippen molar-refractivity contribution in [3.05, 3.63) is 24.2 Å². The first kappa shape index (κ1) is 21.2. The molecular formula is C19H28N6O3S. The first-order valence-electron chi connectivity index (χ1n) is 9.87. The van der Waals surface area contributed by atoms with E-state index in [-0.39, 0.29) is 11.7 Å². The van der Waals surface area contributed by atoms with Gasteiger partial charge in [-0.05, 0) is 37.3 Å². The van der Waals surface area contributed by atoms with E-state index < -0.39 is 6.03 Å². The molecule has 0 aromatic carbocycles. The van der Waals surface area contributed by atoms with Gasteiger partial charge in [0.15, 0.2) is 5.16 Å². The van der Waals surface area contributed by atoms with Crippen LogP contribution in [0.2, 0.25) is 0 Å². The van der Waals surface area contributed by atoms with E-state index in [4.69, 9.17) is 4.42 Å². The van der Waals surface area contributed by atoms with E-state index in [9.17, 15) is 9.59 Å². The SMILES string of the molecule is CCNC(=O)NC(=O)CSc1nnc(N2CC(C)CC(C)C2)n1Cc1ccco1. The molecule has 158 valence electrons. The van der Waals surface area contributed by atoms with Crippen molar-refractivity contribution in [1.82, 2.24) is 25.4 Å². The summed E-state index contributed by atoms with van der Waals surface area (Å²) in [6.07, 6.45) is 2.83. The number of aromatic nitrogens is 3. The molecule has 9 nitrogen and oxygen atoms in total. The summed E-state index contributed by atoms with van der Waals surface area (Å²) in [5.74, 6) is 2.41. The van der Waals surface area contributed by atoms with Gasteiger partial charge < -0.3 is 14.6 Å². The van der Waals surface area contributed by atoms with Crippen LogP contribution < -0.4 is 15.5 Å². The number of piperidine rings is 1. The lowest BCUT2D eigenvalue weighted by molar-refractivity contribution is -0.117. The van der Waals surface area contributed by atoms with Crippen LogP contribution in [0, 0.1) is 11.8 Å². The number of nitrogens with one attached hydrogen (secondary N) is 2. The number of nitrogens with zero attached hydrogens (tertiary/aromatic N) is 4. The molecule has 2 atom stereocenters. The molecule has 1 aliphatic heterocycles. The zero-order valence-corrected chi connectivity index (χ0v) is 17.9. The topological polar surface area (TPSA) is 105 Å². The summed E-state index contributed by atoms with van der Waals surface area (Å²) in [5, 5.41) is 14.2. The predicted octanol–water partition coefficient (Wildman–Crippen LogP) is 2.34. The number of hydrogen-bond donors (Lipinski definition) is 2. The van der Waals surface area contributed by atoms with Crippen LogP contribution in [0.1, 0.15) is 33.0 Å². The minimum Gasteiger partial charge on any atom is -0.467 e. The van der Waals surface area contributed by atoms with E-state index in [2.05, 4.69) is 39.6 Å². The number of carbonyl (C=O) groups excluding carboxylic acids is 2. The second kappa shape index (κ2) is 9.82. The Balaban J connectivity index is 1.75. The molecule has 10 heteroatoms. The van der Waals surface area contributed by atoms with E-state index in [0.29, 0.717) is 30.1 Å². The number of hydrogen-bond acceptors (Lipinski definition) is 7. The molecule has 2 aromatic heterocycles. The molecule has 0 bridgehead atoms. The van der Waals surface area contributed by atoms with Gasteiger partial charge >= 0.3 is 6.03 Å². The number of imide groups is 1. The summed E-state index contributed by atoms with van der Waals surface area (Å²) in [6, 6.07) is 3.26. The second-order valence-corrected chi connectivity index (χ2v) is 8.44. The van der Waals surface area contributed by atoms with E-state index >= 15 is 0 Å². The molecule has 2 N–H and O–H groups in total. The number of thioether (sulfide) groups is 1. The Morgan fingerprint density at radius 3 is 2.69 bits per heavy atom. The molecule has 1 fully saturated rings. The summed E-state index contributed by atoms with van der Waals surface area (Å²) >= 11 is 1.25. The molecule has 2 unspecified atom stereocenters. The van der Waals surface area contributed by atoms with Gasteiger partial charge in [-0.15, -0.1) is 10.2 Å². The fourth-order valence-electron chi connectivity index (χ4n) is 3.64. The van der Waals surface area contributed by atoms with Gasteiger partial charge in [0.2, 0.25) is 11.9 Å². The third-order valence-electron chi connectivity index (χ3n) is 4.67. The highest BCUT2D eigenvalue weighted by Gasteiger charge is 2.27. The monoisotopic (exact) mass is 420 g/mol. The van der Waals surface area contributed by atoms with Crippen LogP contribution in [0.25, 0.3) is 0 Å². The van der Waals surface area contributed by atoms with Crippen molar-refractivity contribution >= 4 is 29.6 Å². The Hall–Kier alpha value is -2.49. The summed E-state index contributed by atoms with van der Waals surface area (Å²) < 4.78 is 7.49. The van der Waals surface area contributed by atoms with Gasteiger partial charge in [0, 0.05) is 19.6 Å². The first-order valence-corrected chi connectivity index (χ1v) is 10.9. The van der Waals surface area contributed by atoms with Crippen LogP contribution in [0.4, 0.5) is 10.7 Å². The van der Waals surface area contributed by atoms with Crippen LogP contribution in [-0.4, -0.2) is 52.1 Å². The maximum Gasteiger partial charge on any atom is 0.321 e. The van der Waals surface area contributed by atoms with Crippen molar-refractivity contribution in [3.63, 3.8) is 0 Å². The Bertz CT molecular complexity index is 812. The van der Waals surface area contributed by atoms with Crippen molar-refractivity contribution in [2.75, 3.05) is 30.3 Å². The average molecular weight is 421 g/mol. The highest BCUT2D eigenvalue weighted by atomic mass is 32.2. The maximum absolute atomic E-state index is 12.0. The molecule has 2 aromatic rings. The number of urea groups is 1. The van der Waals surface area contributed by atoms with E-state index in [0.717, 1.165) is 24.8 Å². The van der Waals surface area contributed by atoms with E-state index in [1.165, 1.54) is 18.2 Å². The second-order valence-electron chi connectivity index (χ2n) is 7.50. The van der Waals surface area contributed by atoms with Crippen molar-refractivity contribution < 1.29 is 14.0 Å². The van der Waals surface area contributed by atoms with Crippen molar-refractivity contribution in [2.24, 2.45) is 11.8 Å². The molecule has 1 aliphatic rings. The van der Waals surface area contributed by atoms with Crippen molar-refractivity contribution in [3.8, 4) is 0 Å². The molecular weight excluding hydrogens is 392 g/mol. The maximum atomic E-state index is 12.0. The fourth-order valence-corrected chi connectivity index (χ4v) is 4.38. The van der Waals surface area contributed by atoms with Gasteiger partial charge in [-0.25, -0.2) is 4.79 Å². The van der Waals surface area contributed by atoms with E-state index in [1.54, 1.807) is 13.2 Å². The standard InChI is InChI=1S/C19H28N6O3S/c1-4-20-17(27)21-16(26)12-29-19-23-22-18(24-9-13(2)8-14(3)10-24)25(19)11-15-6-5-7-28-15/h5-7,13-14H,4,8-12H2,1-3H3,(H2,20,21,26,27). The smallest absolute Gasteiger partial charge is 0.321 e. The summed E-state index contributed by atoms with van der Waals surface area (Å²) in [7, 11) is 0. The van der Waals surface area contributed by atoms with Crippen LogP contribution in [-0.2, 0) is 11.3 Å². The predicted molar refractivity (Wildman–Crippen MR) is 111 cm³/mol. The molecule has 0 aliphatic carbocycles. The third kappa shape index (κ3) is 5.75. The highest BCUT2D eigenvalue weighted by Crippen LogP contribution is 2.28. The number of anilines is 1. The zero-order chi connectivity index (χ0) is 20.8. The Morgan fingerprint density at radius 2 is 2.03 bits per heavy atom. The molecule has 0 radical (unpaired) electrons. The van der Waals surface area contributed by atoms with Crippen molar-refractivity contribution in [2.45, 2.75) is 38.9 Å². The average Bonchev–Trinajstić information content (AvgIpc) is 3.30. The number of furan rings is 1. The molecule has 29 heavy (non-hydrogen) atoms. The lowest BCUT2D eigenvalue weighted by Crippen LogP contribution is -2.40. The van der Waals surface area contributed by atoms with Gasteiger partial charge in [-0.1, -0.05) is 25.6 Å². The van der Waals surface area contributed by atoms with Crippen LogP contribution in [0.3, 0.4) is 0 Å². The molecule has 3 amide bonds. The van der Waals surface area contributed by atoms with Crippen LogP contribution in [0.5, 0.6) is 0 Å². The van der Waals surface area contributed by atoms with Crippen molar-refractivity contribution in [1.29, 1.82) is 0 Å². The molecule has 0 saturated carbocycles. The van der Waals surface area contributed by atoms with Crippen LogP contribution in [0.15, 0.2) is 28.0 Å². The quantitative estimate of drug-likeness (QED) is 0.662. The molecule has 0 spiro atoms. The van der Waals surface area contributed by atoms with Gasteiger partial charge in [-0.2, -0.15) is 0 Å². The Morgan fingerprint density at radius 1 is 1.28 bits per heavy atom. The van der Waals surface area contributed by atoms with Gasteiger partial charge in [0.05, 0.1) is 18.6 Å². The highest BCUT2D eigenvalue weighted by molar-refractivity contribution is 7.99. The molecule has 3 heterocycles. The summed E-state index contributed by atoms with van der Waals surface area (Å²) in [5.41, 5.74) is 0. The Labute approximate surface area is 174 Å². The van der Waals surface area contributed by atoms with E-state index in [1.807, 2.05) is 16.7 Å². The number of amides is 3. The lowest BCUT2D eigenvalue weighted by atomic mass is 9.92. The number of rotatable bonds is 7. The lowest BCUT2D eigenvalue weighted by Gasteiger charge is -2.35. The van der Waals surface area contributed by atoms with Gasteiger partial charge in [0.25, 0.3) is 0 Å². The minimum absolute atomic E-state index is 0.0697. The normalized spacial score (nSPS) is 19.2. The fraction of sp³-hybridized carbons (Fsp3) is 0.579. The minimum atomic E-state index is -0.493. The van der Waals surface area contributed by atoms with Crippen LogP contribution >= 0.6 is 11.8 Å². The van der Waals surface area contributed by atoms with Gasteiger partial charge in [0.1, 0.15) is 5.76 Å². The summed E-state index contributed by atoms with van der Waals surface area (Å²) in [4.78, 5) is 25.8. The third-order valence-corrected chi connectivity index (χ3v) is 5.63. The number of carbonyl (C=O) groups is 2. The first-order chi connectivity index (χ1) is 14.0.